The van der Waals surface area contributed by atoms with Crippen LogP contribution in [0.4, 0.5) is 5.69 Å². The van der Waals surface area contributed by atoms with E-state index < -0.39 is 0 Å². The van der Waals surface area contributed by atoms with Gasteiger partial charge < -0.3 is 9.64 Å². The van der Waals surface area contributed by atoms with Gasteiger partial charge in [0.15, 0.2) is 0 Å². The van der Waals surface area contributed by atoms with Gasteiger partial charge in [-0.1, -0.05) is 43.7 Å². The molecule has 0 spiro atoms. The average molecular weight is 320 g/mol. The van der Waals surface area contributed by atoms with Crippen LogP contribution in [0.1, 0.15) is 26.7 Å². The molecule has 3 heteroatoms. The second kappa shape index (κ2) is 7.82. The van der Waals surface area contributed by atoms with E-state index in [1.807, 2.05) is 36.5 Å². The normalized spacial score (nSPS) is 10.8. The highest BCUT2D eigenvalue weighted by atomic mass is 16.5. The lowest BCUT2D eigenvalue weighted by Gasteiger charge is -2.23. The molecule has 0 N–H and O–H groups in total. The fraction of sp³-hybridized carbons (Fsp3) is 0.286. The van der Waals surface area contributed by atoms with Gasteiger partial charge in [0.25, 0.3) is 0 Å². The summed E-state index contributed by atoms with van der Waals surface area (Å²) >= 11 is 0. The molecular weight excluding hydrogens is 296 g/mol. The van der Waals surface area contributed by atoms with Crippen molar-refractivity contribution in [3.63, 3.8) is 0 Å². The number of fused-ring (bicyclic) bond motifs is 1. The number of nitrogens with zero attached hydrogens (tertiary/aromatic N) is 2. The van der Waals surface area contributed by atoms with Crippen molar-refractivity contribution in [3.8, 4) is 11.6 Å². The van der Waals surface area contributed by atoms with E-state index in [2.05, 4.69) is 48.0 Å². The minimum Gasteiger partial charge on any atom is -0.439 e. The molecule has 0 radical (unpaired) electrons. The van der Waals surface area contributed by atoms with Crippen LogP contribution in [-0.2, 0) is 0 Å². The fourth-order valence-electron chi connectivity index (χ4n) is 2.80. The Hall–Kier alpha value is -2.55. The molecule has 0 bridgehead atoms. The predicted octanol–water partition coefficient (Wildman–Crippen LogP) is 5.65. The van der Waals surface area contributed by atoms with Crippen molar-refractivity contribution in [2.24, 2.45) is 0 Å². The van der Waals surface area contributed by atoms with Crippen LogP contribution in [0.15, 0.2) is 60.8 Å². The Morgan fingerprint density at radius 3 is 2.58 bits per heavy atom. The lowest BCUT2D eigenvalue weighted by molar-refractivity contribution is 0.464. The summed E-state index contributed by atoms with van der Waals surface area (Å²) in [5, 5.41) is 2.26. The molecule has 0 aliphatic carbocycles. The Morgan fingerprint density at radius 1 is 0.958 bits per heavy atom. The van der Waals surface area contributed by atoms with Gasteiger partial charge in [0.05, 0.1) is 0 Å². The number of pyridine rings is 1. The number of ether oxygens (including phenoxy) is 1. The van der Waals surface area contributed by atoms with Crippen LogP contribution in [0.5, 0.6) is 11.6 Å². The average Bonchev–Trinajstić information content (AvgIpc) is 2.63. The zero-order chi connectivity index (χ0) is 16.8. The highest BCUT2D eigenvalue weighted by molar-refractivity contribution is 5.82. The van der Waals surface area contributed by atoms with Gasteiger partial charge >= 0.3 is 0 Å². The maximum absolute atomic E-state index is 5.99. The Kier molecular flexibility index (Phi) is 5.32. The summed E-state index contributed by atoms with van der Waals surface area (Å²) in [5.74, 6) is 1.45. The van der Waals surface area contributed by atoms with Crippen LogP contribution < -0.4 is 9.64 Å². The van der Waals surface area contributed by atoms with Gasteiger partial charge in [0.1, 0.15) is 5.75 Å². The lowest BCUT2D eigenvalue weighted by Crippen LogP contribution is -2.23. The van der Waals surface area contributed by atoms with Crippen molar-refractivity contribution in [2.75, 3.05) is 18.0 Å². The van der Waals surface area contributed by atoms with Crippen LogP contribution in [0.2, 0.25) is 0 Å². The maximum atomic E-state index is 5.99. The molecule has 124 valence electrons. The Bertz CT molecular complexity index is 800. The smallest absolute Gasteiger partial charge is 0.219 e. The summed E-state index contributed by atoms with van der Waals surface area (Å²) in [5.41, 5.74) is 1.20. The fourth-order valence-corrected chi connectivity index (χ4v) is 2.80. The zero-order valence-electron chi connectivity index (χ0n) is 14.4. The minimum atomic E-state index is 0.627. The van der Waals surface area contributed by atoms with Crippen LogP contribution >= 0.6 is 0 Å². The maximum Gasteiger partial charge on any atom is 0.219 e. The van der Waals surface area contributed by atoms with Crippen LogP contribution in [0, 0.1) is 0 Å². The first-order chi connectivity index (χ1) is 11.8. The van der Waals surface area contributed by atoms with Crippen molar-refractivity contribution in [1.82, 2.24) is 4.98 Å². The third kappa shape index (κ3) is 3.85. The predicted molar refractivity (Wildman–Crippen MR) is 101 cm³/mol. The van der Waals surface area contributed by atoms with E-state index in [1.165, 1.54) is 18.5 Å². The Morgan fingerprint density at radius 2 is 1.79 bits per heavy atom. The van der Waals surface area contributed by atoms with E-state index in [4.69, 9.17) is 4.74 Å². The van der Waals surface area contributed by atoms with E-state index in [1.54, 1.807) is 0 Å². The van der Waals surface area contributed by atoms with Gasteiger partial charge in [0, 0.05) is 42.5 Å². The number of hydrogen-bond donors (Lipinski definition) is 0. The molecule has 0 saturated heterocycles. The number of unbranched alkanes of at least 4 members (excludes halogenated alkanes) is 1. The number of benzene rings is 2. The molecular formula is C21H24N2O. The monoisotopic (exact) mass is 320 g/mol. The van der Waals surface area contributed by atoms with Gasteiger partial charge in [-0.3, -0.25) is 0 Å². The van der Waals surface area contributed by atoms with Crippen molar-refractivity contribution in [2.45, 2.75) is 26.7 Å². The third-order valence-electron chi connectivity index (χ3n) is 4.17. The van der Waals surface area contributed by atoms with Gasteiger partial charge in [-0.15, -0.1) is 0 Å². The summed E-state index contributed by atoms with van der Waals surface area (Å²) in [4.78, 5) is 6.79. The summed E-state index contributed by atoms with van der Waals surface area (Å²) in [6.07, 6.45) is 4.26. The molecule has 3 rings (SSSR count). The standard InChI is InChI=1S/C21H24N2O/c1-3-5-13-23(4-2)19-11-8-12-20(15-19)24-21-14-17-9-6-7-10-18(17)16-22-21/h6-12,14-16H,3-5,13H2,1-2H3. The second-order valence-electron chi connectivity index (χ2n) is 5.90. The third-order valence-corrected chi connectivity index (χ3v) is 4.17. The van der Waals surface area contributed by atoms with Crippen LogP contribution in [-0.4, -0.2) is 18.1 Å². The van der Waals surface area contributed by atoms with E-state index in [-0.39, 0.29) is 0 Å². The second-order valence-corrected chi connectivity index (χ2v) is 5.90. The van der Waals surface area contributed by atoms with Crippen LogP contribution in [0.3, 0.4) is 0 Å². The molecule has 24 heavy (non-hydrogen) atoms. The topological polar surface area (TPSA) is 25.4 Å². The summed E-state index contributed by atoms with van der Waals surface area (Å²) in [6.45, 7) is 6.48. The summed E-state index contributed by atoms with van der Waals surface area (Å²) in [6, 6.07) is 18.4. The van der Waals surface area contributed by atoms with E-state index >= 15 is 0 Å². The number of aromatic nitrogens is 1. The van der Waals surface area contributed by atoms with Crippen molar-refractivity contribution in [1.29, 1.82) is 0 Å². The molecule has 0 atom stereocenters. The number of hydrogen-bond acceptors (Lipinski definition) is 3. The summed E-state index contributed by atoms with van der Waals surface area (Å²) in [7, 11) is 0. The molecule has 3 nitrogen and oxygen atoms in total. The van der Waals surface area contributed by atoms with Gasteiger partial charge in [0.2, 0.25) is 5.88 Å². The lowest BCUT2D eigenvalue weighted by atomic mass is 10.2. The molecule has 0 unspecified atom stereocenters. The Labute approximate surface area is 143 Å². The highest BCUT2D eigenvalue weighted by Crippen LogP contribution is 2.27. The molecule has 0 aliphatic heterocycles. The molecule has 2 aromatic carbocycles. The van der Waals surface area contributed by atoms with Gasteiger partial charge in [-0.2, -0.15) is 0 Å². The molecule has 1 heterocycles. The first kappa shape index (κ1) is 16.3. The first-order valence-electron chi connectivity index (χ1n) is 8.68. The quantitative estimate of drug-likeness (QED) is 0.562. The molecule has 0 amide bonds. The van der Waals surface area contributed by atoms with E-state index in [0.29, 0.717) is 5.88 Å². The summed E-state index contributed by atoms with van der Waals surface area (Å²) < 4.78 is 5.99. The molecule has 1 aromatic heterocycles. The highest BCUT2D eigenvalue weighted by Gasteiger charge is 2.06. The first-order valence-corrected chi connectivity index (χ1v) is 8.68. The molecule has 0 fully saturated rings. The van der Waals surface area contributed by atoms with E-state index in [9.17, 15) is 0 Å². The minimum absolute atomic E-state index is 0.627. The van der Waals surface area contributed by atoms with Crippen LogP contribution in [0.25, 0.3) is 10.8 Å². The zero-order valence-corrected chi connectivity index (χ0v) is 14.4. The SMILES string of the molecule is CCCCN(CC)c1cccc(Oc2cc3ccccc3cn2)c1. The number of rotatable bonds is 7. The van der Waals surface area contributed by atoms with E-state index in [0.717, 1.165) is 29.6 Å². The van der Waals surface area contributed by atoms with Crippen molar-refractivity contribution < 1.29 is 4.74 Å². The Balaban J connectivity index is 1.80. The van der Waals surface area contributed by atoms with Gasteiger partial charge in [-0.05, 0) is 30.9 Å². The molecule has 0 aliphatic rings. The number of anilines is 1. The van der Waals surface area contributed by atoms with Crippen molar-refractivity contribution >= 4 is 16.5 Å². The van der Waals surface area contributed by atoms with Crippen molar-refractivity contribution in [3.05, 3.63) is 60.8 Å². The largest absolute Gasteiger partial charge is 0.439 e. The molecule has 0 saturated carbocycles. The molecule has 3 aromatic rings. The van der Waals surface area contributed by atoms with Gasteiger partial charge in [-0.25, -0.2) is 4.98 Å².